The number of anilines is 1. The van der Waals surface area contributed by atoms with Gasteiger partial charge in [-0.1, -0.05) is 71.7 Å². The Morgan fingerprint density at radius 3 is 2.53 bits per heavy atom. The van der Waals surface area contributed by atoms with Gasteiger partial charge in [-0.15, -0.1) is 0 Å². The van der Waals surface area contributed by atoms with Crippen LogP contribution in [0.5, 0.6) is 0 Å². The number of rotatable bonds is 6. The van der Waals surface area contributed by atoms with Gasteiger partial charge in [0.1, 0.15) is 19.2 Å². The first-order valence-corrected chi connectivity index (χ1v) is 16.2. The number of hydrogen-bond acceptors (Lipinski definition) is 11. The lowest BCUT2D eigenvalue weighted by Gasteiger charge is -2.49. The Hall–Kier alpha value is -4.28. The second-order valence-corrected chi connectivity index (χ2v) is 14.7. The summed E-state index contributed by atoms with van der Waals surface area (Å²) in [4.78, 5) is 61.5. The molecule has 3 saturated heterocycles. The van der Waals surface area contributed by atoms with Crippen molar-refractivity contribution in [3.8, 4) is 0 Å². The maximum Gasteiger partial charge on any atom is 0.414 e. The van der Waals surface area contributed by atoms with Crippen LogP contribution in [0.15, 0.2) is 65.9 Å². The van der Waals surface area contributed by atoms with Gasteiger partial charge in [-0.25, -0.2) is 14.6 Å². The molecular formula is C31H33Cl3N8O7. The molecule has 4 atom stereocenters. The number of aliphatic hydroxyl groups is 2. The summed E-state index contributed by atoms with van der Waals surface area (Å²) in [6.45, 7) is 6.05. The SMILES string of the molecule is C=C1NC2[C@H](CN3C(=O)CN(c4ccccc4)C3=O)N=C(NC(=O)OCC(Cl)(Cl)Cl)N3CC(NC(=O)c4cccc(C)c4C)C(O)(O)C23N1. The number of carbonyl (C=O) groups excluding carboxylic acids is 4. The zero-order chi connectivity index (χ0) is 35.5. The molecular weight excluding hydrogens is 703 g/mol. The van der Waals surface area contributed by atoms with Crippen molar-refractivity contribution in [3.05, 3.63) is 77.6 Å². The van der Waals surface area contributed by atoms with Crippen LogP contribution < -0.4 is 26.2 Å². The Kier molecular flexibility index (Phi) is 8.86. The zero-order valence-electron chi connectivity index (χ0n) is 26.2. The smallest absolute Gasteiger partial charge is 0.414 e. The number of nitrogens with one attached hydrogen (secondary N) is 4. The van der Waals surface area contributed by atoms with E-state index in [1.165, 1.54) is 9.80 Å². The number of halogens is 3. The highest BCUT2D eigenvalue weighted by atomic mass is 35.6. The van der Waals surface area contributed by atoms with Gasteiger partial charge in [0.2, 0.25) is 15.5 Å². The number of nitrogens with zero attached hydrogens (tertiary/aromatic N) is 4. The quantitative estimate of drug-likeness (QED) is 0.144. The Balaban J connectivity index is 1.36. The predicted octanol–water partition coefficient (Wildman–Crippen LogP) is 1.43. The number of hydrogen-bond donors (Lipinski definition) is 6. The molecule has 0 bridgehead atoms. The van der Waals surface area contributed by atoms with E-state index in [-0.39, 0.29) is 31.4 Å². The van der Waals surface area contributed by atoms with Crippen molar-refractivity contribution in [1.29, 1.82) is 0 Å². The van der Waals surface area contributed by atoms with E-state index >= 15 is 0 Å². The highest BCUT2D eigenvalue weighted by molar-refractivity contribution is 6.67. The lowest BCUT2D eigenvalue weighted by Crippen LogP contribution is -2.78. The van der Waals surface area contributed by atoms with E-state index in [4.69, 9.17) is 39.5 Å². The van der Waals surface area contributed by atoms with Gasteiger partial charge in [0, 0.05) is 17.8 Å². The first-order valence-electron chi connectivity index (χ1n) is 15.1. The molecule has 4 aliphatic heterocycles. The van der Waals surface area contributed by atoms with Crippen molar-refractivity contribution in [2.75, 3.05) is 31.1 Å². The van der Waals surface area contributed by atoms with Gasteiger partial charge in [-0.3, -0.25) is 24.7 Å². The molecule has 6 rings (SSSR count). The third-order valence-corrected chi connectivity index (χ3v) is 9.44. The fraction of sp³-hybridized carbons (Fsp3) is 0.387. The average molecular weight is 736 g/mol. The number of para-hydroxylation sites is 1. The van der Waals surface area contributed by atoms with E-state index in [0.717, 1.165) is 10.5 Å². The molecule has 4 heterocycles. The predicted molar refractivity (Wildman–Crippen MR) is 180 cm³/mol. The highest BCUT2D eigenvalue weighted by Crippen LogP contribution is 2.45. The molecule has 5 amide bonds. The van der Waals surface area contributed by atoms with Crippen molar-refractivity contribution >= 4 is 70.4 Å². The van der Waals surface area contributed by atoms with E-state index in [1.54, 1.807) is 49.4 Å². The standard InChI is InChI=1S/C31H33Cl3N8O7/c1-16-8-7-11-20(17(16)2)25(44)37-22-13-42-26(38-27(45)49-15-29(32,33)34)36-21(24-30(42,31(22,47)48)39-18(3)35-24)12-41-23(43)14-40(28(41)46)19-9-5-4-6-10-19/h4-11,21-22,24,35,39,47-48H,3,12-15H2,1-2H3,(H,37,44)(H,36,38,45)/t21-,22?,24?,30?/m0/s1. The maximum atomic E-state index is 13.5. The monoisotopic (exact) mass is 734 g/mol. The Morgan fingerprint density at radius 1 is 1.12 bits per heavy atom. The molecule has 3 unspecified atom stereocenters. The first kappa shape index (κ1) is 34.6. The second-order valence-electron chi connectivity index (χ2n) is 12.1. The van der Waals surface area contributed by atoms with Gasteiger partial charge in [-0.05, 0) is 43.2 Å². The Bertz CT molecular complexity index is 1750. The summed E-state index contributed by atoms with van der Waals surface area (Å²) >= 11 is 17.3. The molecule has 0 aromatic heterocycles. The third-order valence-electron chi connectivity index (χ3n) is 9.12. The van der Waals surface area contributed by atoms with Crippen LogP contribution >= 0.6 is 34.8 Å². The number of aryl methyl sites for hydroxylation is 1. The number of ether oxygens (including phenoxy) is 1. The first-order chi connectivity index (χ1) is 23.0. The van der Waals surface area contributed by atoms with Crippen LogP contribution in [0.25, 0.3) is 0 Å². The van der Waals surface area contributed by atoms with Crippen LogP contribution in [0, 0.1) is 13.8 Å². The number of aliphatic imine (C=N–C) groups is 1. The van der Waals surface area contributed by atoms with E-state index in [9.17, 15) is 29.4 Å². The fourth-order valence-corrected chi connectivity index (χ4v) is 6.82. The Morgan fingerprint density at radius 2 is 1.84 bits per heavy atom. The number of carbonyl (C=O) groups is 4. The summed E-state index contributed by atoms with van der Waals surface area (Å²) in [6, 6.07) is 9.61. The summed E-state index contributed by atoms with van der Waals surface area (Å²) in [6.07, 6.45) is -1.10. The van der Waals surface area contributed by atoms with Crippen LogP contribution in [-0.2, 0) is 9.53 Å². The average Bonchev–Trinajstić information content (AvgIpc) is 3.62. The normalized spacial score (nSPS) is 25.7. The zero-order valence-corrected chi connectivity index (χ0v) is 28.5. The lowest BCUT2D eigenvalue weighted by molar-refractivity contribution is -0.231. The number of urea groups is 1. The van der Waals surface area contributed by atoms with E-state index < -0.39 is 63.9 Å². The van der Waals surface area contributed by atoms with Gasteiger partial charge in [-0.2, -0.15) is 0 Å². The largest absolute Gasteiger partial charge is 0.445 e. The minimum absolute atomic E-state index is 0.147. The van der Waals surface area contributed by atoms with Crippen molar-refractivity contribution in [3.63, 3.8) is 0 Å². The van der Waals surface area contributed by atoms with Gasteiger partial charge < -0.3 is 35.8 Å². The highest BCUT2D eigenvalue weighted by Gasteiger charge is 2.74. The summed E-state index contributed by atoms with van der Waals surface area (Å²) in [7, 11) is 0. The van der Waals surface area contributed by atoms with Gasteiger partial charge in [0.25, 0.3) is 11.8 Å². The van der Waals surface area contributed by atoms with Gasteiger partial charge in [0.15, 0.2) is 5.66 Å². The molecule has 260 valence electrons. The van der Waals surface area contributed by atoms with E-state index in [1.807, 2.05) is 13.0 Å². The van der Waals surface area contributed by atoms with Crippen LogP contribution in [0.2, 0.25) is 0 Å². The fourth-order valence-electron chi connectivity index (χ4n) is 6.66. The number of alkyl halides is 3. The third kappa shape index (κ3) is 6.10. The second kappa shape index (κ2) is 12.6. The van der Waals surface area contributed by atoms with E-state index in [2.05, 4.69) is 32.8 Å². The lowest BCUT2D eigenvalue weighted by atomic mass is 9.85. The number of guanidine groups is 1. The van der Waals surface area contributed by atoms with E-state index in [0.29, 0.717) is 16.8 Å². The maximum absolute atomic E-state index is 13.5. The molecule has 3 fully saturated rings. The minimum atomic E-state index is -2.78. The summed E-state index contributed by atoms with van der Waals surface area (Å²) in [5.41, 5.74) is 0.435. The molecule has 0 radical (unpaired) electrons. The van der Waals surface area contributed by atoms with Crippen molar-refractivity contribution < 1.29 is 34.1 Å². The van der Waals surface area contributed by atoms with Crippen LogP contribution in [0.1, 0.15) is 21.5 Å². The molecule has 15 nitrogen and oxygen atoms in total. The van der Waals surface area contributed by atoms with Gasteiger partial charge >= 0.3 is 12.1 Å². The molecule has 0 aliphatic carbocycles. The number of benzene rings is 2. The van der Waals surface area contributed by atoms with Crippen molar-refractivity contribution in [2.24, 2.45) is 4.99 Å². The number of amides is 5. The van der Waals surface area contributed by atoms with Crippen LogP contribution in [-0.4, -0.2) is 110 Å². The molecule has 6 N–H and O–H groups in total. The summed E-state index contributed by atoms with van der Waals surface area (Å²) in [5.74, 6) is -3.97. The van der Waals surface area contributed by atoms with Crippen molar-refractivity contribution in [1.82, 2.24) is 31.1 Å². The molecule has 18 heteroatoms. The number of alkyl carbamates (subject to hydrolysis) is 1. The van der Waals surface area contributed by atoms with Crippen molar-refractivity contribution in [2.45, 2.75) is 47.2 Å². The number of imide groups is 1. The molecule has 0 saturated carbocycles. The molecule has 2 aromatic rings. The molecule has 2 aromatic carbocycles. The summed E-state index contributed by atoms with van der Waals surface area (Å²) < 4.78 is 3.12. The minimum Gasteiger partial charge on any atom is -0.445 e. The topological polar surface area (TPSA) is 188 Å². The van der Waals surface area contributed by atoms with Gasteiger partial charge in [0.05, 0.1) is 24.4 Å². The molecule has 1 spiro atoms. The molecule has 4 aliphatic rings. The van der Waals surface area contributed by atoms with Crippen LogP contribution in [0.3, 0.4) is 0 Å². The van der Waals surface area contributed by atoms with Crippen LogP contribution in [0.4, 0.5) is 15.3 Å². The Labute approximate surface area is 295 Å². The summed E-state index contributed by atoms with van der Waals surface area (Å²) in [5, 5.41) is 35.3. The molecule has 49 heavy (non-hydrogen) atoms.